The second-order valence-corrected chi connectivity index (χ2v) is 9.28. The van der Waals surface area contributed by atoms with E-state index >= 15 is 0 Å². The van der Waals surface area contributed by atoms with Crippen LogP contribution in [0.3, 0.4) is 0 Å². The molecular weight excluding hydrogens is 434 g/mol. The Bertz CT molecular complexity index is 1140. The summed E-state index contributed by atoms with van der Waals surface area (Å²) in [5.41, 5.74) is 3.92. The van der Waals surface area contributed by atoms with E-state index < -0.39 is 0 Å². The van der Waals surface area contributed by atoms with Crippen LogP contribution in [0.15, 0.2) is 59.8 Å². The number of benzene rings is 2. The van der Waals surface area contributed by atoms with E-state index in [4.69, 9.17) is 9.47 Å². The second-order valence-electron chi connectivity index (χ2n) is 8.33. The smallest absolute Gasteiger partial charge is 0.233 e. The maximum absolute atomic E-state index is 13.2. The molecule has 3 heterocycles. The molecule has 0 radical (unpaired) electrons. The molecule has 1 saturated heterocycles. The van der Waals surface area contributed by atoms with Crippen LogP contribution in [-0.2, 0) is 4.79 Å². The van der Waals surface area contributed by atoms with Crippen LogP contribution < -0.4 is 9.47 Å². The van der Waals surface area contributed by atoms with E-state index in [1.807, 2.05) is 60.4 Å². The normalized spacial score (nSPS) is 17.6. The Morgan fingerprint density at radius 1 is 1.03 bits per heavy atom. The van der Waals surface area contributed by atoms with Crippen molar-refractivity contribution in [2.45, 2.75) is 37.4 Å². The predicted molar refractivity (Wildman–Crippen MR) is 129 cm³/mol. The molecule has 6 nitrogen and oxygen atoms in total. The van der Waals surface area contributed by atoms with Gasteiger partial charge in [-0.25, -0.2) is 9.97 Å². The SMILES string of the molecule is Cc1cc(-c2ccccc2)nc(SCC(=O)N2CCC[C@@H]2c2ccc3c(c2)OCCCO3)n1. The molecule has 0 bridgehead atoms. The number of likely N-dealkylation sites (tertiary alicyclic amines) is 1. The molecule has 2 aliphatic rings. The molecule has 1 fully saturated rings. The highest BCUT2D eigenvalue weighted by Gasteiger charge is 2.30. The Labute approximate surface area is 198 Å². The van der Waals surface area contributed by atoms with Crippen molar-refractivity contribution in [1.29, 1.82) is 0 Å². The molecule has 0 aliphatic carbocycles. The lowest BCUT2D eigenvalue weighted by molar-refractivity contribution is -0.129. The number of thioether (sulfide) groups is 1. The summed E-state index contributed by atoms with van der Waals surface area (Å²) in [5, 5.41) is 0.633. The number of ether oxygens (including phenoxy) is 2. The quantitative estimate of drug-likeness (QED) is 0.391. The van der Waals surface area contributed by atoms with Gasteiger partial charge in [0.15, 0.2) is 16.7 Å². The Kier molecular flexibility index (Phi) is 6.48. The van der Waals surface area contributed by atoms with Crippen LogP contribution in [-0.4, -0.2) is 46.3 Å². The van der Waals surface area contributed by atoms with Gasteiger partial charge in [-0.05, 0) is 43.5 Å². The molecule has 0 spiro atoms. The van der Waals surface area contributed by atoms with E-state index in [1.54, 1.807) is 0 Å². The van der Waals surface area contributed by atoms with Gasteiger partial charge in [0.1, 0.15) is 0 Å². The third-order valence-corrected chi connectivity index (χ3v) is 6.79. The number of carbonyl (C=O) groups is 1. The number of hydrogen-bond donors (Lipinski definition) is 0. The standard InChI is InChI=1S/C26H27N3O3S/c1-18-15-21(19-7-3-2-4-8-19)28-26(27-18)33-17-25(30)29-12-5-9-22(29)20-10-11-23-24(16-20)32-14-6-13-31-23/h2-4,7-8,10-11,15-16,22H,5-6,9,12-14,17H2,1H3/t22-/m1/s1. The van der Waals surface area contributed by atoms with Gasteiger partial charge in [0.05, 0.1) is 30.7 Å². The highest BCUT2D eigenvalue weighted by molar-refractivity contribution is 7.99. The molecule has 0 saturated carbocycles. The van der Waals surface area contributed by atoms with Crippen LogP contribution in [0, 0.1) is 6.92 Å². The molecule has 0 N–H and O–H groups in total. The fourth-order valence-corrected chi connectivity index (χ4v) is 5.16. The van der Waals surface area contributed by atoms with E-state index in [0.29, 0.717) is 24.1 Å². The van der Waals surface area contributed by atoms with E-state index in [0.717, 1.165) is 59.8 Å². The molecule has 1 amide bonds. The Hall–Kier alpha value is -3.06. The molecule has 0 unspecified atom stereocenters. The number of hydrogen-bond acceptors (Lipinski definition) is 6. The first-order valence-electron chi connectivity index (χ1n) is 11.4. The van der Waals surface area contributed by atoms with Gasteiger partial charge < -0.3 is 14.4 Å². The summed E-state index contributed by atoms with van der Waals surface area (Å²) in [5.74, 6) is 1.99. The number of rotatable bonds is 5. The number of nitrogens with zero attached hydrogens (tertiary/aromatic N) is 3. The van der Waals surface area contributed by atoms with Crippen molar-refractivity contribution >= 4 is 17.7 Å². The van der Waals surface area contributed by atoms with Gasteiger partial charge in [-0.2, -0.15) is 0 Å². The summed E-state index contributed by atoms with van der Waals surface area (Å²) in [7, 11) is 0. The maximum atomic E-state index is 13.2. The molecule has 5 rings (SSSR count). The lowest BCUT2D eigenvalue weighted by atomic mass is 10.0. The minimum Gasteiger partial charge on any atom is -0.490 e. The highest BCUT2D eigenvalue weighted by Crippen LogP contribution is 2.38. The Morgan fingerprint density at radius 3 is 2.70 bits per heavy atom. The van der Waals surface area contributed by atoms with Crippen molar-refractivity contribution in [3.8, 4) is 22.8 Å². The van der Waals surface area contributed by atoms with Crippen molar-refractivity contribution in [2.75, 3.05) is 25.5 Å². The molecule has 2 aliphatic heterocycles. The van der Waals surface area contributed by atoms with Crippen LogP contribution >= 0.6 is 11.8 Å². The number of aromatic nitrogens is 2. The van der Waals surface area contributed by atoms with Gasteiger partial charge in [-0.3, -0.25) is 4.79 Å². The third-order valence-electron chi connectivity index (χ3n) is 5.96. The minimum absolute atomic E-state index is 0.0635. The molecule has 33 heavy (non-hydrogen) atoms. The van der Waals surface area contributed by atoms with Crippen molar-refractivity contribution in [1.82, 2.24) is 14.9 Å². The van der Waals surface area contributed by atoms with Crippen molar-refractivity contribution in [3.63, 3.8) is 0 Å². The molecule has 1 aromatic heterocycles. The van der Waals surface area contributed by atoms with Crippen LogP contribution in [0.25, 0.3) is 11.3 Å². The summed E-state index contributed by atoms with van der Waals surface area (Å²) in [6.07, 6.45) is 2.83. The molecule has 7 heteroatoms. The first-order chi connectivity index (χ1) is 16.2. The molecule has 2 aromatic carbocycles. The highest BCUT2D eigenvalue weighted by atomic mass is 32.2. The van der Waals surface area contributed by atoms with E-state index in [2.05, 4.69) is 16.0 Å². The lowest BCUT2D eigenvalue weighted by Gasteiger charge is -2.25. The van der Waals surface area contributed by atoms with Crippen molar-refractivity contribution < 1.29 is 14.3 Å². The van der Waals surface area contributed by atoms with Crippen LogP contribution in [0.1, 0.15) is 36.6 Å². The van der Waals surface area contributed by atoms with Gasteiger partial charge in [0, 0.05) is 24.2 Å². The summed E-state index contributed by atoms with van der Waals surface area (Å²) >= 11 is 1.40. The topological polar surface area (TPSA) is 64.6 Å². The average molecular weight is 462 g/mol. The zero-order valence-electron chi connectivity index (χ0n) is 18.7. The number of amides is 1. The fraction of sp³-hybridized carbons (Fsp3) is 0.346. The zero-order chi connectivity index (χ0) is 22.6. The summed E-state index contributed by atoms with van der Waals surface area (Å²) < 4.78 is 11.6. The Morgan fingerprint density at radius 2 is 1.85 bits per heavy atom. The molecule has 1 atom stereocenters. The largest absolute Gasteiger partial charge is 0.490 e. The summed E-state index contributed by atoms with van der Waals surface area (Å²) in [6.45, 7) is 4.05. The van der Waals surface area contributed by atoms with Gasteiger partial charge in [0.2, 0.25) is 5.91 Å². The van der Waals surface area contributed by atoms with Gasteiger partial charge >= 0.3 is 0 Å². The van der Waals surface area contributed by atoms with Crippen LogP contribution in [0.5, 0.6) is 11.5 Å². The van der Waals surface area contributed by atoms with Gasteiger partial charge in [0.25, 0.3) is 0 Å². The maximum Gasteiger partial charge on any atom is 0.233 e. The van der Waals surface area contributed by atoms with E-state index in [9.17, 15) is 4.79 Å². The Balaban J connectivity index is 1.28. The van der Waals surface area contributed by atoms with Crippen molar-refractivity contribution in [3.05, 3.63) is 65.9 Å². The monoisotopic (exact) mass is 461 g/mol. The summed E-state index contributed by atoms with van der Waals surface area (Å²) in [6, 6.07) is 18.2. The second kappa shape index (κ2) is 9.83. The van der Waals surface area contributed by atoms with Gasteiger partial charge in [-0.1, -0.05) is 48.2 Å². The summed E-state index contributed by atoms with van der Waals surface area (Å²) in [4.78, 5) is 24.4. The first-order valence-corrected chi connectivity index (χ1v) is 12.4. The number of carbonyl (C=O) groups excluding carboxylic acids is 1. The zero-order valence-corrected chi connectivity index (χ0v) is 19.5. The lowest BCUT2D eigenvalue weighted by Crippen LogP contribution is -2.32. The van der Waals surface area contributed by atoms with Crippen molar-refractivity contribution in [2.24, 2.45) is 0 Å². The van der Waals surface area contributed by atoms with Crippen LogP contribution in [0.2, 0.25) is 0 Å². The minimum atomic E-state index is 0.0635. The molecule has 170 valence electrons. The number of aryl methyl sites for hydroxylation is 1. The van der Waals surface area contributed by atoms with E-state index in [1.165, 1.54) is 11.8 Å². The fourth-order valence-electron chi connectivity index (χ4n) is 4.37. The van der Waals surface area contributed by atoms with Crippen LogP contribution in [0.4, 0.5) is 0 Å². The first kappa shape index (κ1) is 21.8. The predicted octanol–water partition coefficient (Wildman–Crippen LogP) is 5.07. The molecule has 3 aromatic rings. The molecular formula is C26H27N3O3S. The number of fused-ring (bicyclic) bond motifs is 1. The van der Waals surface area contributed by atoms with Gasteiger partial charge in [-0.15, -0.1) is 0 Å². The van der Waals surface area contributed by atoms with E-state index in [-0.39, 0.29) is 11.9 Å². The average Bonchev–Trinajstić information content (AvgIpc) is 3.21. The third kappa shape index (κ3) is 4.98.